The molecule has 0 radical (unpaired) electrons. The van der Waals surface area contributed by atoms with E-state index < -0.39 is 0 Å². The molecule has 0 aliphatic carbocycles. The predicted octanol–water partition coefficient (Wildman–Crippen LogP) is 4.16. The zero-order valence-electron chi connectivity index (χ0n) is 14.8. The second-order valence-electron chi connectivity index (χ2n) is 7.72. The van der Waals surface area contributed by atoms with Gasteiger partial charge in [-0.3, -0.25) is 4.90 Å². The minimum atomic E-state index is 0.703. The zero-order valence-corrected chi connectivity index (χ0v) is 14.8. The van der Waals surface area contributed by atoms with Crippen LogP contribution in [0, 0.1) is 17.8 Å². The van der Waals surface area contributed by atoms with Gasteiger partial charge >= 0.3 is 0 Å². The monoisotopic (exact) mass is 282 g/mol. The van der Waals surface area contributed by atoms with Gasteiger partial charge in [0.05, 0.1) is 0 Å². The van der Waals surface area contributed by atoms with Crippen molar-refractivity contribution >= 4 is 0 Å². The standard InChI is InChI=1S/C18H38N2/c1-7-16(6)18-12-19-17(11-15(4)5)13-20(18)10-8-9-14(2)3/h14-19H,7-13H2,1-6H3. The summed E-state index contributed by atoms with van der Waals surface area (Å²) in [5, 5.41) is 3.80. The van der Waals surface area contributed by atoms with E-state index in [2.05, 4.69) is 51.8 Å². The van der Waals surface area contributed by atoms with Gasteiger partial charge in [-0.1, -0.05) is 48.0 Å². The molecule has 0 amide bonds. The van der Waals surface area contributed by atoms with E-state index in [1.807, 2.05) is 0 Å². The number of hydrogen-bond donors (Lipinski definition) is 1. The van der Waals surface area contributed by atoms with Crippen LogP contribution in [-0.2, 0) is 0 Å². The van der Waals surface area contributed by atoms with Crippen molar-refractivity contribution in [2.75, 3.05) is 19.6 Å². The van der Waals surface area contributed by atoms with Gasteiger partial charge in [-0.25, -0.2) is 0 Å². The van der Waals surface area contributed by atoms with Crippen molar-refractivity contribution < 1.29 is 0 Å². The molecule has 1 fully saturated rings. The predicted molar refractivity (Wildman–Crippen MR) is 90.1 cm³/mol. The summed E-state index contributed by atoms with van der Waals surface area (Å²) >= 11 is 0. The summed E-state index contributed by atoms with van der Waals surface area (Å²) in [7, 11) is 0. The van der Waals surface area contributed by atoms with Crippen molar-refractivity contribution in [3.8, 4) is 0 Å². The van der Waals surface area contributed by atoms with Crippen LogP contribution < -0.4 is 5.32 Å². The highest BCUT2D eigenvalue weighted by Gasteiger charge is 2.30. The maximum Gasteiger partial charge on any atom is 0.0246 e. The van der Waals surface area contributed by atoms with Crippen LogP contribution in [0.1, 0.15) is 67.2 Å². The molecular weight excluding hydrogens is 244 g/mol. The van der Waals surface area contributed by atoms with Crippen LogP contribution >= 0.6 is 0 Å². The Morgan fingerprint density at radius 3 is 2.35 bits per heavy atom. The molecule has 1 saturated heterocycles. The fraction of sp³-hybridized carbons (Fsp3) is 1.00. The first-order valence-electron chi connectivity index (χ1n) is 8.91. The number of nitrogens with zero attached hydrogens (tertiary/aromatic N) is 1. The van der Waals surface area contributed by atoms with Gasteiger partial charge in [-0.05, 0) is 43.6 Å². The van der Waals surface area contributed by atoms with Crippen LogP contribution in [-0.4, -0.2) is 36.6 Å². The second kappa shape index (κ2) is 9.04. The van der Waals surface area contributed by atoms with Gasteiger partial charge in [0.2, 0.25) is 0 Å². The third-order valence-corrected chi connectivity index (χ3v) is 4.82. The molecule has 1 aliphatic heterocycles. The first-order valence-corrected chi connectivity index (χ1v) is 8.91. The van der Waals surface area contributed by atoms with Crippen molar-refractivity contribution in [2.24, 2.45) is 17.8 Å². The minimum Gasteiger partial charge on any atom is -0.311 e. The smallest absolute Gasteiger partial charge is 0.0246 e. The Hall–Kier alpha value is -0.0800. The summed E-state index contributed by atoms with van der Waals surface area (Å²) in [4.78, 5) is 2.79. The van der Waals surface area contributed by atoms with Gasteiger partial charge < -0.3 is 5.32 Å². The largest absolute Gasteiger partial charge is 0.311 e. The van der Waals surface area contributed by atoms with Crippen molar-refractivity contribution in [2.45, 2.75) is 79.3 Å². The highest BCUT2D eigenvalue weighted by atomic mass is 15.2. The summed E-state index contributed by atoms with van der Waals surface area (Å²) < 4.78 is 0. The van der Waals surface area contributed by atoms with Crippen molar-refractivity contribution in [3.05, 3.63) is 0 Å². The first kappa shape index (κ1) is 18.0. The molecule has 20 heavy (non-hydrogen) atoms. The Morgan fingerprint density at radius 1 is 1.10 bits per heavy atom. The molecule has 1 heterocycles. The zero-order chi connectivity index (χ0) is 15.1. The van der Waals surface area contributed by atoms with Gasteiger partial charge in [0, 0.05) is 25.2 Å². The van der Waals surface area contributed by atoms with E-state index in [0.717, 1.165) is 23.8 Å². The molecule has 2 heteroatoms. The number of rotatable bonds is 8. The second-order valence-corrected chi connectivity index (χ2v) is 7.72. The fourth-order valence-corrected chi connectivity index (χ4v) is 3.42. The van der Waals surface area contributed by atoms with E-state index in [1.54, 1.807) is 0 Å². The van der Waals surface area contributed by atoms with E-state index in [4.69, 9.17) is 0 Å². The maximum absolute atomic E-state index is 3.80. The average molecular weight is 283 g/mol. The summed E-state index contributed by atoms with van der Waals surface area (Å²) in [6.07, 6.45) is 5.33. The number of hydrogen-bond acceptors (Lipinski definition) is 2. The molecule has 3 atom stereocenters. The molecule has 120 valence electrons. The molecule has 0 bridgehead atoms. The van der Waals surface area contributed by atoms with Crippen LogP contribution in [0.25, 0.3) is 0 Å². The Labute approximate surface area is 127 Å². The highest BCUT2D eigenvalue weighted by Crippen LogP contribution is 2.21. The molecule has 0 aromatic heterocycles. The van der Waals surface area contributed by atoms with E-state index >= 15 is 0 Å². The molecule has 0 saturated carbocycles. The lowest BCUT2D eigenvalue weighted by atomic mass is 9.92. The van der Waals surface area contributed by atoms with Gasteiger partial charge in [0.15, 0.2) is 0 Å². The van der Waals surface area contributed by atoms with Crippen LogP contribution in [0.5, 0.6) is 0 Å². The molecular formula is C18H38N2. The third-order valence-electron chi connectivity index (χ3n) is 4.82. The third kappa shape index (κ3) is 6.13. The van der Waals surface area contributed by atoms with E-state index in [9.17, 15) is 0 Å². The van der Waals surface area contributed by atoms with Crippen molar-refractivity contribution in [3.63, 3.8) is 0 Å². The SMILES string of the molecule is CCC(C)C1CNC(CC(C)C)CN1CCCC(C)C. The van der Waals surface area contributed by atoms with Crippen LogP contribution in [0.3, 0.4) is 0 Å². The first-order chi connectivity index (χ1) is 9.43. The fourth-order valence-electron chi connectivity index (χ4n) is 3.42. The highest BCUT2D eigenvalue weighted by molar-refractivity contribution is 4.88. The Balaban J connectivity index is 2.53. The Bertz CT molecular complexity index is 250. The summed E-state index contributed by atoms with van der Waals surface area (Å²) in [5.41, 5.74) is 0. The molecule has 1 rings (SSSR count). The molecule has 3 unspecified atom stereocenters. The minimum absolute atomic E-state index is 0.703. The lowest BCUT2D eigenvalue weighted by molar-refractivity contribution is 0.0830. The summed E-state index contributed by atoms with van der Waals surface area (Å²) in [6, 6.07) is 1.45. The van der Waals surface area contributed by atoms with Crippen LogP contribution in [0.2, 0.25) is 0 Å². The number of nitrogens with one attached hydrogen (secondary N) is 1. The molecule has 1 aliphatic rings. The van der Waals surface area contributed by atoms with Gasteiger partial charge in [-0.15, -0.1) is 0 Å². The quantitative estimate of drug-likeness (QED) is 0.719. The molecule has 2 nitrogen and oxygen atoms in total. The Morgan fingerprint density at radius 2 is 1.80 bits per heavy atom. The normalized spacial score (nSPS) is 26.4. The topological polar surface area (TPSA) is 15.3 Å². The van der Waals surface area contributed by atoms with Crippen LogP contribution in [0.4, 0.5) is 0 Å². The molecule has 0 aromatic rings. The lowest BCUT2D eigenvalue weighted by Crippen LogP contribution is -2.58. The maximum atomic E-state index is 3.80. The van der Waals surface area contributed by atoms with E-state index in [0.29, 0.717) is 6.04 Å². The molecule has 0 aromatic carbocycles. The Kier molecular flexibility index (Phi) is 8.13. The van der Waals surface area contributed by atoms with E-state index in [-0.39, 0.29) is 0 Å². The molecule has 0 spiro atoms. The van der Waals surface area contributed by atoms with Gasteiger partial charge in [0.1, 0.15) is 0 Å². The van der Waals surface area contributed by atoms with E-state index in [1.165, 1.54) is 45.3 Å². The van der Waals surface area contributed by atoms with Crippen molar-refractivity contribution in [1.29, 1.82) is 0 Å². The lowest BCUT2D eigenvalue weighted by Gasteiger charge is -2.43. The van der Waals surface area contributed by atoms with Crippen molar-refractivity contribution in [1.82, 2.24) is 10.2 Å². The van der Waals surface area contributed by atoms with Gasteiger partial charge in [-0.2, -0.15) is 0 Å². The number of piperazine rings is 1. The molecule has 1 N–H and O–H groups in total. The van der Waals surface area contributed by atoms with Gasteiger partial charge in [0.25, 0.3) is 0 Å². The summed E-state index contributed by atoms with van der Waals surface area (Å²) in [5.74, 6) is 2.44. The average Bonchev–Trinajstić information content (AvgIpc) is 2.37. The van der Waals surface area contributed by atoms with Crippen LogP contribution in [0.15, 0.2) is 0 Å². The summed E-state index contributed by atoms with van der Waals surface area (Å²) in [6.45, 7) is 17.8.